The van der Waals surface area contributed by atoms with Gasteiger partial charge in [-0.05, 0) is 12.5 Å². The van der Waals surface area contributed by atoms with Gasteiger partial charge in [-0.1, -0.05) is 24.3 Å². The second kappa shape index (κ2) is 4.57. The first-order valence-corrected chi connectivity index (χ1v) is 4.74. The van der Waals surface area contributed by atoms with Crippen LogP contribution in [0, 0.1) is 0 Å². The fourth-order valence-electron chi connectivity index (χ4n) is 1.25. The zero-order chi connectivity index (χ0) is 13.2. The summed E-state index contributed by atoms with van der Waals surface area (Å²) < 4.78 is 37.1. The lowest BCUT2D eigenvalue weighted by molar-refractivity contribution is -0.146. The van der Waals surface area contributed by atoms with Crippen LogP contribution in [0.15, 0.2) is 24.3 Å². The summed E-state index contributed by atoms with van der Waals surface area (Å²) in [6, 6.07) is 4.64. The van der Waals surface area contributed by atoms with Crippen LogP contribution in [0.5, 0.6) is 0 Å². The van der Waals surface area contributed by atoms with Gasteiger partial charge in [0.1, 0.15) is 0 Å². The summed E-state index contributed by atoms with van der Waals surface area (Å²) in [6.07, 6.45) is -4.34. The van der Waals surface area contributed by atoms with Crippen molar-refractivity contribution in [1.29, 1.82) is 0 Å². The Morgan fingerprint density at radius 2 is 1.65 bits per heavy atom. The molecule has 0 fully saturated rings. The molecule has 2 N–H and O–H groups in total. The van der Waals surface area contributed by atoms with E-state index in [4.69, 9.17) is 5.73 Å². The largest absolute Gasteiger partial charge is 0.395 e. The summed E-state index contributed by atoms with van der Waals surface area (Å²) in [5.41, 5.74) is 4.78. The Kier molecular flexibility index (Phi) is 3.55. The number of amides is 1. The van der Waals surface area contributed by atoms with E-state index >= 15 is 0 Å². The van der Waals surface area contributed by atoms with Crippen LogP contribution in [0.2, 0.25) is 0 Å². The molecule has 0 aliphatic heterocycles. The second-order valence-electron chi connectivity index (χ2n) is 3.58. The van der Waals surface area contributed by atoms with Crippen molar-refractivity contribution in [3.05, 3.63) is 35.4 Å². The molecule has 1 rings (SSSR count). The van der Waals surface area contributed by atoms with Gasteiger partial charge in [-0.2, -0.15) is 13.2 Å². The molecule has 1 aromatic rings. The fourth-order valence-corrected chi connectivity index (χ4v) is 1.25. The molecular weight excluding hydrogens is 235 g/mol. The summed E-state index contributed by atoms with van der Waals surface area (Å²) in [4.78, 5) is 21.7. The first kappa shape index (κ1) is 13.2. The minimum atomic E-state index is -4.34. The number of benzene rings is 1. The van der Waals surface area contributed by atoms with Gasteiger partial charge in [-0.15, -0.1) is 0 Å². The fraction of sp³-hybridized carbons (Fsp3) is 0.273. The Hall–Kier alpha value is -1.85. The summed E-state index contributed by atoms with van der Waals surface area (Å²) in [7, 11) is 0. The van der Waals surface area contributed by atoms with E-state index in [1.807, 2.05) is 0 Å². The molecular formula is C11H10F3NO2. The van der Waals surface area contributed by atoms with Crippen LogP contribution in [0.25, 0.3) is 0 Å². The summed E-state index contributed by atoms with van der Waals surface area (Å²) in [5.74, 6) is -3.68. The van der Waals surface area contributed by atoms with Crippen LogP contribution < -0.4 is 5.73 Å². The Bertz CT molecular complexity index is 437. The maximum atomic E-state index is 12.4. The molecule has 0 aromatic heterocycles. The number of primary amides is 1. The summed E-state index contributed by atoms with van der Waals surface area (Å²) in [6.45, 7) is 1.02. The van der Waals surface area contributed by atoms with Crippen LogP contribution in [0.3, 0.4) is 0 Å². The molecule has 1 amide bonds. The molecule has 1 aromatic carbocycles. The van der Waals surface area contributed by atoms with Crippen LogP contribution in [0.4, 0.5) is 13.2 Å². The van der Waals surface area contributed by atoms with E-state index in [0.29, 0.717) is 0 Å². The van der Waals surface area contributed by atoms with Gasteiger partial charge in [0.15, 0.2) is 0 Å². The molecule has 17 heavy (non-hydrogen) atoms. The van der Waals surface area contributed by atoms with Crippen molar-refractivity contribution in [3.63, 3.8) is 0 Å². The van der Waals surface area contributed by atoms with Crippen LogP contribution >= 0.6 is 0 Å². The van der Waals surface area contributed by atoms with Crippen LogP contribution in [0.1, 0.15) is 28.8 Å². The molecule has 3 nitrogen and oxygen atoms in total. The van der Waals surface area contributed by atoms with Crippen molar-refractivity contribution in [2.45, 2.75) is 19.0 Å². The predicted molar refractivity (Wildman–Crippen MR) is 54.4 cm³/mol. The molecule has 0 aliphatic rings. The summed E-state index contributed by atoms with van der Waals surface area (Å²) in [5, 5.41) is 0. The van der Waals surface area contributed by atoms with Crippen molar-refractivity contribution in [1.82, 2.24) is 0 Å². The molecule has 0 aliphatic carbocycles. The number of carbonyl (C=O) groups is 2. The van der Waals surface area contributed by atoms with Crippen molar-refractivity contribution in [2.75, 3.05) is 0 Å². The van der Waals surface area contributed by atoms with Crippen LogP contribution in [-0.4, -0.2) is 17.9 Å². The quantitative estimate of drug-likeness (QED) is 0.654. The maximum Gasteiger partial charge on any atom is 0.395 e. The standard InChI is InChI=1S/C11H10F3NO2/c1-6(11(12,13)14)7-2-4-8(5-3-7)9(16)10(15)17/h2-6H,1H3,(H2,15,17). The molecule has 6 heteroatoms. The summed E-state index contributed by atoms with van der Waals surface area (Å²) >= 11 is 0. The molecule has 0 saturated carbocycles. The van der Waals surface area contributed by atoms with Crippen molar-refractivity contribution in [3.8, 4) is 0 Å². The molecule has 0 radical (unpaired) electrons. The third-order valence-corrected chi connectivity index (χ3v) is 2.39. The lowest BCUT2D eigenvalue weighted by Crippen LogP contribution is -2.23. The molecule has 0 spiro atoms. The van der Waals surface area contributed by atoms with Gasteiger partial charge in [0.2, 0.25) is 5.78 Å². The van der Waals surface area contributed by atoms with Crippen molar-refractivity contribution in [2.24, 2.45) is 5.73 Å². The average Bonchev–Trinajstić information content (AvgIpc) is 2.26. The number of halogens is 3. The van der Waals surface area contributed by atoms with E-state index in [1.165, 1.54) is 0 Å². The van der Waals surface area contributed by atoms with Gasteiger partial charge in [-0.25, -0.2) is 0 Å². The number of rotatable bonds is 3. The van der Waals surface area contributed by atoms with Gasteiger partial charge < -0.3 is 5.73 Å². The first-order valence-electron chi connectivity index (χ1n) is 4.74. The average molecular weight is 245 g/mol. The molecule has 1 unspecified atom stereocenters. The Morgan fingerprint density at radius 3 is 2.00 bits per heavy atom. The Balaban J connectivity index is 2.96. The highest BCUT2D eigenvalue weighted by atomic mass is 19.4. The third-order valence-electron chi connectivity index (χ3n) is 2.39. The van der Waals surface area contributed by atoms with Gasteiger partial charge in [0.25, 0.3) is 5.91 Å². The van der Waals surface area contributed by atoms with Gasteiger partial charge in [0.05, 0.1) is 5.92 Å². The molecule has 0 bridgehead atoms. The number of hydrogen-bond acceptors (Lipinski definition) is 2. The number of ketones is 1. The van der Waals surface area contributed by atoms with E-state index in [2.05, 4.69) is 0 Å². The van der Waals surface area contributed by atoms with Crippen molar-refractivity contribution >= 4 is 11.7 Å². The number of Topliss-reactive ketones (excluding diaryl/α,β-unsaturated/α-hetero) is 1. The zero-order valence-electron chi connectivity index (χ0n) is 8.91. The minimum Gasteiger partial charge on any atom is -0.363 e. The van der Waals surface area contributed by atoms with E-state index in [-0.39, 0.29) is 11.1 Å². The van der Waals surface area contributed by atoms with Gasteiger partial charge >= 0.3 is 6.18 Å². The van der Waals surface area contributed by atoms with E-state index in [9.17, 15) is 22.8 Å². The lowest BCUT2D eigenvalue weighted by atomic mass is 9.98. The van der Waals surface area contributed by atoms with Gasteiger partial charge in [0, 0.05) is 5.56 Å². The highest BCUT2D eigenvalue weighted by Crippen LogP contribution is 2.34. The smallest absolute Gasteiger partial charge is 0.363 e. The van der Waals surface area contributed by atoms with Crippen molar-refractivity contribution < 1.29 is 22.8 Å². The van der Waals surface area contributed by atoms with Crippen LogP contribution in [-0.2, 0) is 4.79 Å². The van der Waals surface area contributed by atoms with E-state index in [1.54, 1.807) is 0 Å². The number of nitrogens with two attached hydrogens (primary N) is 1. The predicted octanol–water partition coefficient (Wildman–Crippen LogP) is 2.02. The Labute approximate surface area is 95.4 Å². The van der Waals surface area contributed by atoms with E-state index < -0.39 is 23.8 Å². The highest BCUT2D eigenvalue weighted by Gasteiger charge is 2.36. The van der Waals surface area contributed by atoms with E-state index in [0.717, 1.165) is 31.2 Å². The zero-order valence-corrected chi connectivity index (χ0v) is 8.91. The molecule has 0 heterocycles. The molecule has 1 atom stereocenters. The highest BCUT2D eigenvalue weighted by molar-refractivity contribution is 6.42. The monoisotopic (exact) mass is 245 g/mol. The number of hydrogen-bond donors (Lipinski definition) is 1. The number of alkyl halides is 3. The maximum absolute atomic E-state index is 12.4. The third kappa shape index (κ3) is 3.05. The number of carbonyl (C=O) groups excluding carboxylic acids is 2. The Morgan fingerprint density at radius 1 is 1.18 bits per heavy atom. The van der Waals surface area contributed by atoms with Gasteiger partial charge in [-0.3, -0.25) is 9.59 Å². The normalized spacial score (nSPS) is 13.2. The first-order chi connectivity index (χ1) is 7.73. The minimum absolute atomic E-state index is 0.0179. The lowest BCUT2D eigenvalue weighted by Gasteiger charge is -2.15. The SMILES string of the molecule is CC(c1ccc(C(=O)C(N)=O)cc1)C(F)(F)F. The molecule has 92 valence electrons. The molecule has 0 saturated heterocycles. The topological polar surface area (TPSA) is 60.2 Å². The second-order valence-corrected chi connectivity index (χ2v) is 3.58.